The van der Waals surface area contributed by atoms with E-state index in [0.717, 1.165) is 34.4 Å². The number of hydrogen-bond donors (Lipinski definition) is 1. The maximum absolute atomic E-state index is 13.2. The summed E-state index contributed by atoms with van der Waals surface area (Å²) in [6, 6.07) is 13.6. The molecule has 4 rings (SSSR count). The van der Waals surface area contributed by atoms with E-state index in [1.54, 1.807) is 18.2 Å². The standard InChI is InChI=1S/C22H16FN3O5S/c1-31-20-11-8-15(12-24-20)25-22(28)21(27)18-13-26(19-5-3-2-4-17(18)19)32(29,30)16-9-6-14(23)7-10-16/h2-13H,1H3,(H,25,28). The van der Waals surface area contributed by atoms with Crippen LogP contribution in [-0.2, 0) is 14.8 Å². The molecular weight excluding hydrogens is 437 g/mol. The minimum Gasteiger partial charge on any atom is -0.481 e. The lowest BCUT2D eigenvalue weighted by Gasteiger charge is -2.07. The molecule has 0 aliphatic rings. The van der Waals surface area contributed by atoms with Gasteiger partial charge in [-0.1, -0.05) is 18.2 Å². The van der Waals surface area contributed by atoms with Crippen molar-refractivity contribution in [3.8, 4) is 5.88 Å². The highest BCUT2D eigenvalue weighted by Crippen LogP contribution is 2.27. The molecule has 2 heterocycles. The molecule has 0 bridgehead atoms. The number of carbonyl (C=O) groups excluding carboxylic acids is 2. The average molecular weight is 453 g/mol. The second kappa shape index (κ2) is 8.23. The van der Waals surface area contributed by atoms with Gasteiger partial charge in [-0.15, -0.1) is 0 Å². The number of ether oxygens (including phenoxy) is 1. The molecule has 0 saturated carbocycles. The molecule has 0 unspecified atom stereocenters. The summed E-state index contributed by atoms with van der Waals surface area (Å²) >= 11 is 0. The van der Waals surface area contributed by atoms with Gasteiger partial charge in [0.15, 0.2) is 0 Å². The predicted molar refractivity (Wildman–Crippen MR) is 115 cm³/mol. The fourth-order valence-corrected chi connectivity index (χ4v) is 4.50. The minimum atomic E-state index is -4.15. The Hall–Kier alpha value is -4.05. The molecule has 0 spiro atoms. The van der Waals surface area contributed by atoms with E-state index >= 15 is 0 Å². The first-order valence-corrected chi connectivity index (χ1v) is 10.7. The Balaban J connectivity index is 1.72. The number of halogens is 1. The molecule has 32 heavy (non-hydrogen) atoms. The number of anilines is 1. The van der Waals surface area contributed by atoms with Crippen molar-refractivity contribution in [1.29, 1.82) is 0 Å². The second-order valence-corrected chi connectivity index (χ2v) is 8.50. The summed E-state index contributed by atoms with van der Waals surface area (Å²) in [5, 5.41) is 2.72. The lowest BCUT2D eigenvalue weighted by Crippen LogP contribution is -2.23. The molecule has 8 nitrogen and oxygen atoms in total. The molecule has 0 aliphatic carbocycles. The molecule has 0 aliphatic heterocycles. The van der Waals surface area contributed by atoms with Crippen molar-refractivity contribution in [3.05, 3.63) is 84.4 Å². The number of Topliss-reactive ketones (excluding diaryl/α,β-unsaturated/α-hetero) is 1. The van der Waals surface area contributed by atoms with Crippen LogP contribution in [0.5, 0.6) is 5.88 Å². The first-order chi connectivity index (χ1) is 15.3. The molecule has 10 heteroatoms. The molecule has 2 aromatic heterocycles. The van der Waals surface area contributed by atoms with E-state index in [0.29, 0.717) is 5.88 Å². The van der Waals surface area contributed by atoms with Gasteiger partial charge < -0.3 is 10.1 Å². The number of aromatic nitrogens is 2. The second-order valence-electron chi connectivity index (χ2n) is 6.69. The molecule has 0 fully saturated rings. The van der Waals surface area contributed by atoms with Crippen molar-refractivity contribution in [1.82, 2.24) is 8.96 Å². The Morgan fingerprint density at radius 2 is 1.75 bits per heavy atom. The summed E-state index contributed by atoms with van der Waals surface area (Å²) in [4.78, 5) is 29.2. The van der Waals surface area contributed by atoms with Crippen LogP contribution in [0.15, 0.2) is 78.0 Å². The lowest BCUT2D eigenvalue weighted by atomic mass is 10.1. The zero-order chi connectivity index (χ0) is 22.9. The number of amides is 1. The number of pyridine rings is 1. The van der Waals surface area contributed by atoms with Crippen LogP contribution < -0.4 is 10.1 Å². The number of ketones is 1. The van der Waals surface area contributed by atoms with E-state index < -0.39 is 27.5 Å². The third-order valence-corrected chi connectivity index (χ3v) is 6.39. The van der Waals surface area contributed by atoms with Crippen LogP contribution in [0.1, 0.15) is 10.4 Å². The molecule has 0 atom stereocenters. The van der Waals surface area contributed by atoms with E-state index in [9.17, 15) is 22.4 Å². The normalized spacial score (nSPS) is 11.3. The van der Waals surface area contributed by atoms with Crippen LogP contribution in [0.4, 0.5) is 10.1 Å². The van der Waals surface area contributed by atoms with E-state index in [2.05, 4.69) is 10.3 Å². The van der Waals surface area contributed by atoms with Gasteiger partial charge in [0.1, 0.15) is 5.82 Å². The summed E-state index contributed by atoms with van der Waals surface area (Å²) in [5.74, 6) is -2.13. The van der Waals surface area contributed by atoms with E-state index in [-0.39, 0.29) is 27.0 Å². The van der Waals surface area contributed by atoms with Crippen molar-refractivity contribution >= 4 is 38.3 Å². The summed E-state index contributed by atoms with van der Waals surface area (Å²) in [5.41, 5.74) is 0.385. The zero-order valence-corrected chi connectivity index (χ0v) is 17.5. The predicted octanol–water partition coefficient (Wildman–Crippen LogP) is 3.24. The molecule has 1 amide bonds. The number of fused-ring (bicyclic) bond motifs is 1. The number of nitrogens with zero attached hydrogens (tertiary/aromatic N) is 2. The van der Waals surface area contributed by atoms with Gasteiger partial charge in [0.2, 0.25) is 5.88 Å². The van der Waals surface area contributed by atoms with E-state index in [4.69, 9.17) is 4.74 Å². The molecule has 4 aromatic rings. The summed E-state index contributed by atoms with van der Waals surface area (Å²) in [6.45, 7) is 0. The van der Waals surface area contributed by atoms with Crippen molar-refractivity contribution < 1.29 is 27.1 Å². The molecule has 162 valence electrons. The Kier molecular flexibility index (Phi) is 5.45. The minimum absolute atomic E-state index is 0.0924. The number of carbonyl (C=O) groups is 2. The van der Waals surface area contributed by atoms with Gasteiger partial charge >= 0.3 is 0 Å². The molecule has 0 radical (unpaired) electrons. The Morgan fingerprint density at radius 3 is 2.41 bits per heavy atom. The SMILES string of the molecule is COc1ccc(NC(=O)C(=O)c2cn(S(=O)(=O)c3ccc(F)cc3)c3ccccc23)cn1. The van der Waals surface area contributed by atoms with Gasteiger partial charge in [0.05, 0.1) is 35.0 Å². The van der Waals surface area contributed by atoms with Gasteiger partial charge in [-0.05, 0) is 36.4 Å². The molecule has 0 saturated heterocycles. The van der Waals surface area contributed by atoms with Gasteiger partial charge in [-0.25, -0.2) is 21.8 Å². The quantitative estimate of drug-likeness (QED) is 0.355. The van der Waals surface area contributed by atoms with Gasteiger partial charge in [-0.3, -0.25) is 9.59 Å². The third kappa shape index (κ3) is 3.83. The summed E-state index contributed by atoms with van der Waals surface area (Å²) < 4.78 is 45.4. The Labute approximate surface area is 182 Å². The smallest absolute Gasteiger partial charge is 0.296 e. The first-order valence-electron chi connectivity index (χ1n) is 9.28. The monoisotopic (exact) mass is 453 g/mol. The lowest BCUT2D eigenvalue weighted by molar-refractivity contribution is -0.112. The van der Waals surface area contributed by atoms with Crippen LogP contribution in [0.2, 0.25) is 0 Å². The van der Waals surface area contributed by atoms with Crippen LogP contribution in [0.3, 0.4) is 0 Å². The number of para-hydroxylation sites is 1. The van der Waals surface area contributed by atoms with Gasteiger partial charge in [-0.2, -0.15) is 0 Å². The van der Waals surface area contributed by atoms with Crippen molar-refractivity contribution in [2.75, 3.05) is 12.4 Å². The summed E-state index contributed by atoms with van der Waals surface area (Å²) in [7, 11) is -2.70. The van der Waals surface area contributed by atoms with Crippen LogP contribution in [0, 0.1) is 5.82 Å². The van der Waals surface area contributed by atoms with E-state index in [1.807, 2.05) is 0 Å². The van der Waals surface area contributed by atoms with Gasteiger partial charge in [0.25, 0.3) is 21.7 Å². The van der Waals surface area contributed by atoms with E-state index in [1.165, 1.54) is 31.5 Å². The molecule has 2 aromatic carbocycles. The van der Waals surface area contributed by atoms with Crippen molar-refractivity contribution in [2.45, 2.75) is 4.90 Å². The molecule has 1 N–H and O–H groups in total. The highest BCUT2D eigenvalue weighted by atomic mass is 32.2. The number of nitrogens with one attached hydrogen (secondary N) is 1. The fraction of sp³-hybridized carbons (Fsp3) is 0.0455. The third-order valence-electron chi connectivity index (χ3n) is 4.70. The number of rotatable bonds is 6. The fourth-order valence-electron chi connectivity index (χ4n) is 3.14. The summed E-state index contributed by atoms with van der Waals surface area (Å²) in [6.07, 6.45) is 2.42. The number of hydrogen-bond acceptors (Lipinski definition) is 6. The van der Waals surface area contributed by atoms with Crippen LogP contribution in [-0.4, -0.2) is 36.2 Å². The van der Waals surface area contributed by atoms with Crippen LogP contribution >= 0.6 is 0 Å². The Bertz CT molecular complexity index is 1430. The number of benzene rings is 2. The highest BCUT2D eigenvalue weighted by molar-refractivity contribution is 7.90. The Morgan fingerprint density at radius 1 is 1.03 bits per heavy atom. The van der Waals surface area contributed by atoms with Gasteiger partial charge in [0, 0.05) is 17.6 Å². The van der Waals surface area contributed by atoms with Crippen LogP contribution in [0.25, 0.3) is 10.9 Å². The van der Waals surface area contributed by atoms with Crippen molar-refractivity contribution in [2.24, 2.45) is 0 Å². The topological polar surface area (TPSA) is 107 Å². The maximum Gasteiger partial charge on any atom is 0.296 e. The highest BCUT2D eigenvalue weighted by Gasteiger charge is 2.26. The molecular formula is C22H16FN3O5S. The zero-order valence-electron chi connectivity index (χ0n) is 16.7. The number of methoxy groups -OCH3 is 1. The average Bonchev–Trinajstić information content (AvgIpc) is 3.20. The van der Waals surface area contributed by atoms with Crippen molar-refractivity contribution in [3.63, 3.8) is 0 Å². The largest absolute Gasteiger partial charge is 0.481 e. The first kappa shape index (κ1) is 21.2. The maximum atomic E-state index is 13.2.